The van der Waals surface area contributed by atoms with E-state index in [1.807, 2.05) is 0 Å². The summed E-state index contributed by atoms with van der Waals surface area (Å²) >= 11 is 0. The highest BCUT2D eigenvalue weighted by Gasteiger charge is 2.55. The molecule has 0 saturated carbocycles. The molecule has 3 saturated heterocycles. The highest BCUT2D eigenvalue weighted by molar-refractivity contribution is 5.73. The van der Waals surface area contributed by atoms with E-state index >= 15 is 0 Å². The van der Waals surface area contributed by atoms with E-state index < -0.39 is 142 Å². The average molecular weight is 667 g/mol. The fraction of sp³-hybridized carbons (Fsp3) is 0.958. The maximum Gasteiger partial charge on any atom is 0.335 e. The summed E-state index contributed by atoms with van der Waals surface area (Å²) in [6.07, 6.45) is -36.1. The standard InChI is InChI=1S/C24H42O21/c1-5(28)17(9(30)6(29)2-25)42-23-15(36)12(33)18(8(4-27)41-23)43-24-16(37)13(34)19(20(45-24)21(38)39)44-22-14(35)11(32)10(31)7(3-26)40-22/h5-20,22-37H,2-4H2,1H3,(H,38,39)/t5-,6-,7+,8+,9-,10+,11-,12+,13+,14+,15+,16+,17-,18+,19-,20-,22-,23-,24+/m0/s1. The predicted molar refractivity (Wildman–Crippen MR) is 135 cm³/mol. The number of hydrogen-bond acceptors (Lipinski definition) is 20. The van der Waals surface area contributed by atoms with Gasteiger partial charge >= 0.3 is 5.97 Å². The zero-order valence-corrected chi connectivity index (χ0v) is 23.7. The monoisotopic (exact) mass is 666 g/mol. The third-order valence-electron chi connectivity index (χ3n) is 7.72. The topological polar surface area (TPSA) is 356 Å². The number of aliphatic hydroxyl groups is 13. The van der Waals surface area contributed by atoms with Crippen LogP contribution in [0.3, 0.4) is 0 Å². The van der Waals surface area contributed by atoms with E-state index in [4.69, 9.17) is 33.5 Å². The van der Waals surface area contributed by atoms with Gasteiger partial charge in [0.05, 0.1) is 25.9 Å². The summed E-state index contributed by atoms with van der Waals surface area (Å²) in [7, 11) is 0. The lowest BCUT2D eigenvalue weighted by molar-refractivity contribution is -0.378. The van der Waals surface area contributed by atoms with Gasteiger partial charge in [0, 0.05) is 0 Å². The minimum atomic E-state index is -2.20. The fourth-order valence-electron chi connectivity index (χ4n) is 5.08. The molecule has 0 aromatic carbocycles. The summed E-state index contributed by atoms with van der Waals surface area (Å²) in [4.78, 5) is 12.0. The third-order valence-corrected chi connectivity index (χ3v) is 7.72. The van der Waals surface area contributed by atoms with E-state index in [1.54, 1.807) is 0 Å². The number of hydrogen-bond donors (Lipinski definition) is 14. The Morgan fingerprint density at radius 2 is 1.16 bits per heavy atom. The van der Waals surface area contributed by atoms with Crippen molar-refractivity contribution in [3.8, 4) is 0 Å². The molecule has 14 N–H and O–H groups in total. The van der Waals surface area contributed by atoms with Gasteiger partial charge in [-0.05, 0) is 6.92 Å². The van der Waals surface area contributed by atoms with Crippen LogP contribution in [0.25, 0.3) is 0 Å². The van der Waals surface area contributed by atoms with Crippen molar-refractivity contribution in [1.29, 1.82) is 0 Å². The lowest BCUT2D eigenvalue weighted by atomic mass is 9.95. The molecule has 0 radical (unpaired) electrons. The SMILES string of the molecule is C[C@H](O)[C@H](O[C@@H]1O[C@H](CO)[C@@H](O[C@@H]2O[C@H](C(=O)O)[C@@H](O[C@@H]3O[C@H](CO)[C@@H](O)[C@H](O)[C@H]3O)[C@H](O)[C@H]2O)[C@H](O)[C@H]1O)[C@@H](O)[C@@H](O)CO. The predicted octanol–water partition coefficient (Wildman–Crippen LogP) is -8.99. The Balaban J connectivity index is 1.75. The van der Waals surface area contributed by atoms with Crippen molar-refractivity contribution >= 4 is 5.97 Å². The second kappa shape index (κ2) is 16.2. The van der Waals surface area contributed by atoms with Crippen molar-refractivity contribution in [2.24, 2.45) is 0 Å². The molecule has 264 valence electrons. The molecule has 3 fully saturated rings. The highest BCUT2D eigenvalue weighted by Crippen LogP contribution is 2.33. The summed E-state index contributed by atoms with van der Waals surface area (Å²) in [5.41, 5.74) is 0. The molecule has 3 rings (SSSR count). The molecule has 0 bridgehead atoms. The van der Waals surface area contributed by atoms with Gasteiger partial charge in [-0.15, -0.1) is 0 Å². The maximum atomic E-state index is 12.0. The number of aliphatic hydroxyl groups excluding tert-OH is 13. The lowest BCUT2D eigenvalue weighted by Gasteiger charge is -2.48. The normalized spacial score (nSPS) is 45.4. The maximum absolute atomic E-state index is 12.0. The first-order chi connectivity index (χ1) is 21.1. The van der Waals surface area contributed by atoms with E-state index in [9.17, 15) is 71.2 Å². The molecule has 19 atom stereocenters. The quantitative estimate of drug-likeness (QED) is 0.0867. The zero-order valence-electron chi connectivity index (χ0n) is 23.7. The van der Waals surface area contributed by atoms with Crippen LogP contribution in [0.15, 0.2) is 0 Å². The van der Waals surface area contributed by atoms with Gasteiger partial charge in [0.15, 0.2) is 25.0 Å². The number of carbonyl (C=O) groups is 1. The number of carboxylic acid groups (broad SMARTS) is 1. The second-order valence-corrected chi connectivity index (χ2v) is 10.9. The van der Waals surface area contributed by atoms with Gasteiger partial charge in [0.1, 0.15) is 85.5 Å². The molecule has 0 unspecified atom stereocenters. The molecule has 0 aromatic heterocycles. The van der Waals surface area contributed by atoms with Crippen LogP contribution in [0, 0.1) is 0 Å². The molecule has 21 heteroatoms. The van der Waals surface area contributed by atoms with Crippen molar-refractivity contribution in [3.05, 3.63) is 0 Å². The second-order valence-electron chi connectivity index (χ2n) is 10.9. The van der Waals surface area contributed by atoms with E-state index in [-0.39, 0.29) is 0 Å². The Morgan fingerprint density at radius 3 is 1.69 bits per heavy atom. The van der Waals surface area contributed by atoms with Gasteiger partial charge in [-0.3, -0.25) is 0 Å². The molecule has 0 amide bonds. The summed E-state index contributed by atoms with van der Waals surface area (Å²) in [5, 5.41) is 141. The van der Waals surface area contributed by atoms with Crippen LogP contribution in [0.4, 0.5) is 0 Å². The summed E-state index contributed by atoms with van der Waals surface area (Å²) in [6.45, 7) is -1.61. The van der Waals surface area contributed by atoms with Gasteiger partial charge in [-0.1, -0.05) is 0 Å². The van der Waals surface area contributed by atoms with Crippen LogP contribution in [0.5, 0.6) is 0 Å². The largest absolute Gasteiger partial charge is 0.479 e. The summed E-state index contributed by atoms with van der Waals surface area (Å²) in [5.74, 6) is -1.80. The van der Waals surface area contributed by atoms with Crippen molar-refractivity contribution < 1.29 is 105 Å². The molecule has 3 heterocycles. The van der Waals surface area contributed by atoms with E-state index in [0.29, 0.717) is 0 Å². The van der Waals surface area contributed by atoms with Gasteiger partial charge < -0.3 is 99.9 Å². The Labute approximate surface area is 254 Å². The van der Waals surface area contributed by atoms with Crippen molar-refractivity contribution in [1.82, 2.24) is 0 Å². The minimum absolute atomic E-state index is 0.851. The van der Waals surface area contributed by atoms with E-state index in [2.05, 4.69) is 0 Å². The Bertz CT molecular complexity index is 923. The van der Waals surface area contributed by atoms with Crippen LogP contribution in [0.2, 0.25) is 0 Å². The van der Waals surface area contributed by atoms with Crippen LogP contribution in [0.1, 0.15) is 6.92 Å². The molecule has 45 heavy (non-hydrogen) atoms. The van der Waals surface area contributed by atoms with Crippen LogP contribution < -0.4 is 0 Å². The third kappa shape index (κ3) is 8.24. The number of carboxylic acids is 1. The molecular weight excluding hydrogens is 624 g/mol. The van der Waals surface area contributed by atoms with Gasteiger partial charge in [-0.25, -0.2) is 4.79 Å². The van der Waals surface area contributed by atoms with E-state index in [1.165, 1.54) is 0 Å². The molecule has 21 nitrogen and oxygen atoms in total. The van der Waals surface area contributed by atoms with Crippen molar-refractivity contribution in [3.63, 3.8) is 0 Å². The fourth-order valence-corrected chi connectivity index (χ4v) is 5.08. The van der Waals surface area contributed by atoms with Crippen LogP contribution >= 0.6 is 0 Å². The van der Waals surface area contributed by atoms with Crippen LogP contribution in [-0.2, 0) is 33.2 Å². The van der Waals surface area contributed by atoms with E-state index in [0.717, 1.165) is 6.92 Å². The first-order valence-corrected chi connectivity index (χ1v) is 13.9. The first-order valence-electron chi connectivity index (χ1n) is 13.9. The Hall–Kier alpha value is -1.29. The van der Waals surface area contributed by atoms with Gasteiger partial charge in [0.2, 0.25) is 0 Å². The average Bonchev–Trinajstić information content (AvgIpc) is 3.01. The molecule has 0 spiro atoms. The van der Waals surface area contributed by atoms with Crippen LogP contribution in [-0.4, -0.2) is 214 Å². The minimum Gasteiger partial charge on any atom is -0.479 e. The first kappa shape index (κ1) is 38.2. The summed E-state index contributed by atoms with van der Waals surface area (Å²) < 4.78 is 31.9. The van der Waals surface area contributed by atoms with Gasteiger partial charge in [0.25, 0.3) is 0 Å². The zero-order chi connectivity index (χ0) is 33.9. The highest BCUT2D eigenvalue weighted by atomic mass is 16.8. The Kier molecular flexibility index (Phi) is 13.7. The van der Waals surface area contributed by atoms with Crippen molar-refractivity contribution in [2.45, 2.75) is 123 Å². The molecule has 0 aliphatic carbocycles. The molecular formula is C24H42O21. The Morgan fingerprint density at radius 1 is 0.667 bits per heavy atom. The number of ether oxygens (including phenoxy) is 6. The number of aliphatic carboxylic acids is 1. The van der Waals surface area contributed by atoms with Crippen molar-refractivity contribution in [2.75, 3.05) is 19.8 Å². The number of rotatable bonds is 13. The lowest BCUT2D eigenvalue weighted by Crippen LogP contribution is -2.67. The smallest absolute Gasteiger partial charge is 0.335 e. The molecule has 3 aliphatic rings. The summed E-state index contributed by atoms with van der Waals surface area (Å²) in [6, 6.07) is 0. The van der Waals surface area contributed by atoms with Gasteiger partial charge in [-0.2, -0.15) is 0 Å². The molecule has 0 aromatic rings. The molecule has 3 aliphatic heterocycles.